The van der Waals surface area contributed by atoms with Gasteiger partial charge in [0.15, 0.2) is 0 Å². The molecule has 1 aliphatic heterocycles. The molecule has 1 aliphatic rings. The van der Waals surface area contributed by atoms with Gasteiger partial charge in [0.1, 0.15) is 5.75 Å². The van der Waals surface area contributed by atoms with Crippen LogP contribution >= 0.6 is 23.4 Å². The van der Waals surface area contributed by atoms with E-state index in [-0.39, 0.29) is 18.2 Å². The highest BCUT2D eigenvalue weighted by Gasteiger charge is 2.30. The summed E-state index contributed by atoms with van der Waals surface area (Å²) in [4.78, 5) is 39.1. The van der Waals surface area contributed by atoms with E-state index in [9.17, 15) is 14.4 Å². The van der Waals surface area contributed by atoms with Gasteiger partial charge in [0.05, 0.1) is 17.4 Å². The Bertz CT molecular complexity index is 961. The van der Waals surface area contributed by atoms with Crippen LogP contribution in [0.2, 0.25) is 5.02 Å². The Hall–Kier alpha value is -2.51. The van der Waals surface area contributed by atoms with Crippen molar-refractivity contribution in [2.75, 3.05) is 19.4 Å². The predicted molar refractivity (Wildman–Crippen MR) is 109 cm³/mol. The van der Waals surface area contributed by atoms with E-state index in [1.54, 1.807) is 57.4 Å². The molecule has 2 amide bonds. The second-order valence-electron chi connectivity index (χ2n) is 6.59. The standard InChI is InChI=1S/C20H19ClN2O4S/c1-11-4-5-12(20(26)23(2)3)8-15(11)27-18(24)10-17-19(25)22-14-9-13(21)6-7-16(14)28-17/h4-9,17H,10H2,1-3H3,(H,22,25)/t17-/m0/s1. The van der Waals surface area contributed by atoms with Gasteiger partial charge in [0, 0.05) is 29.6 Å². The summed E-state index contributed by atoms with van der Waals surface area (Å²) in [6, 6.07) is 10.2. The molecule has 1 heterocycles. The molecule has 1 atom stereocenters. The van der Waals surface area contributed by atoms with E-state index < -0.39 is 11.2 Å². The molecule has 0 fully saturated rings. The Morgan fingerprint density at radius 2 is 1.96 bits per heavy atom. The number of benzene rings is 2. The fourth-order valence-corrected chi connectivity index (χ4v) is 3.92. The van der Waals surface area contributed by atoms with Gasteiger partial charge in [-0.1, -0.05) is 17.7 Å². The summed E-state index contributed by atoms with van der Waals surface area (Å²) in [5.74, 6) is -0.687. The highest BCUT2D eigenvalue weighted by molar-refractivity contribution is 8.01. The molecular weight excluding hydrogens is 400 g/mol. The summed E-state index contributed by atoms with van der Waals surface area (Å²) >= 11 is 7.24. The number of rotatable bonds is 4. The van der Waals surface area contributed by atoms with Gasteiger partial charge in [0.25, 0.3) is 5.91 Å². The Labute approximate surface area is 172 Å². The van der Waals surface area contributed by atoms with Crippen LogP contribution in [-0.2, 0) is 9.59 Å². The quantitative estimate of drug-likeness (QED) is 0.604. The predicted octanol–water partition coefficient (Wildman–Crippen LogP) is 3.76. The zero-order valence-electron chi connectivity index (χ0n) is 15.6. The molecule has 0 bridgehead atoms. The van der Waals surface area contributed by atoms with Gasteiger partial charge < -0.3 is 15.0 Å². The normalized spacial score (nSPS) is 15.4. The molecule has 1 N–H and O–H groups in total. The SMILES string of the molecule is Cc1ccc(C(=O)N(C)C)cc1OC(=O)C[C@@H]1Sc2ccc(Cl)cc2NC1=O. The number of ether oxygens (including phenoxy) is 1. The van der Waals surface area contributed by atoms with Gasteiger partial charge >= 0.3 is 5.97 Å². The summed E-state index contributed by atoms with van der Waals surface area (Å²) in [6.45, 7) is 1.79. The lowest BCUT2D eigenvalue weighted by Crippen LogP contribution is -2.32. The maximum Gasteiger partial charge on any atom is 0.312 e. The van der Waals surface area contributed by atoms with Gasteiger partial charge in [-0.3, -0.25) is 14.4 Å². The van der Waals surface area contributed by atoms with E-state index in [0.29, 0.717) is 22.0 Å². The number of hydrogen-bond acceptors (Lipinski definition) is 5. The highest BCUT2D eigenvalue weighted by atomic mass is 35.5. The summed E-state index contributed by atoms with van der Waals surface area (Å²) in [7, 11) is 3.30. The number of nitrogens with zero attached hydrogens (tertiary/aromatic N) is 1. The number of nitrogens with one attached hydrogen (secondary N) is 1. The van der Waals surface area contributed by atoms with Crippen LogP contribution in [0.3, 0.4) is 0 Å². The van der Waals surface area contributed by atoms with Crippen molar-refractivity contribution in [2.45, 2.75) is 23.5 Å². The van der Waals surface area contributed by atoms with Crippen LogP contribution < -0.4 is 10.1 Å². The molecule has 2 aromatic carbocycles. The fourth-order valence-electron chi connectivity index (χ4n) is 2.67. The Balaban J connectivity index is 1.71. The zero-order valence-corrected chi connectivity index (χ0v) is 17.2. The summed E-state index contributed by atoms with van der Waals surface area (Å²) < 4.78 is 5.45. The monoisotopic (exact) mass is 418 g/mol. The van der Waals surface area contributed by atoms with Gasteiger partial charge in [0.2, 0.25) is 5.91 Å². The lowest BCUT2D eigenvalue weighted by Gasteiger charge is -2.23. The van der Waals surface area contributed by atoms with E-state index in [2.05, 4.69) is 5.32 Å². The van der Waals surface area contributed by atoms with Gasteiger partial charge in [-0.05, 0) is 42.8 Å². The average molecular weight is 419 g/mol. The van der Waals surface area contributed by atoms with Crippen molar-refractivity contribution in [2.24, 2.45) is 0 Å². The van der Waals surface area contributed by atoms with Gasteiger partial charge in [-0.25, -0.2) is 0 Å². The van der Waals surface area contributed by atoms with Crippen LogP contribution in [-0.4, -0.2) is 42.0 Å². The number of carbonyl (C=O) groups excluding carboxylic acids is 3. The first-order valence-corrected chi connectivity index (χ1v) is 9.80. The molecular formula is C20H19ClN2O4S. The third-order valence-electron chi connectivity index (χ3n) is 4.18. The van der Waals surface area contributed by atoms with Crippen LogP contribution in [0.5, 0.6) is 5.75 Å². The molecule has 0 aliphatic carbocycles. The van der Waals surface area contributed by atoms with E-state index in [1.165, 1.54) is 16.7 Å². The molecule has 2 aromatic rings. The molecule has 0 saturated heterocycles. The lowest BCUT2D eigenvalue weighted by atomic mass is 10.1. The second kappa shape index (κ2) is 8.24. The number of halogens is 1. The van der Waals surface area contributed by atoms with E-state index in [4.69, 9.17) is 16.3 Å². The number of hydrogen-bond donors (Lipinski definition) is 1. The molecule has 28 heavy (non-hydrogen) atoms. The first-order chi connectivity index (χ1) is 13.2. The molecule has 0 spiro atoms. The van der Waals surface area contributed by atoms with Crippen molar-refractivity contribution < 1.29 is 19.1 Å². The van der Waals surface area contributed by atoms with Crippen LogP contribution in [0.1, 0.15) is 22.3 Å². The van der Waals surface area contributed by atoms with Crippen LogP contribution in [0.15, 0.2) is 41.3 Å². The Morgan fingerprint density at radius 3 is 2.68 bits per heavy atom. The van der Waals surface area contributed by atoms with Crippen molar-refractivity contribution in [1.29, 1.82) is 0 Å². The number of anilines is 1. The first kappa shape index (κ1) is 20.2. The van der Waals surface area contributed by atoms with Crippen molar-refractivity contribution >= 4 is 46.8 Å². The third kappa shape index (κ3) is 4.48. The van der Waals surface area contributed by atoms with E-state index in [1.807, 2.05) is 0 Å². The Kier molecular flexibility index (Phi) is 5.96. The number of fused-ring (bicyclic) bond motifs is 1. The largest absolute Gasteiger partial charge is 0.426 e. The highest BCUT2D eigenvalue weighted by Crippen LogP contribution is 2.38. The zero-order chi connectivity index (χ0) is 20.4. The van der Waals surface area contributed by atoms with Crippen molar-refractivity contribution in [3.8, 4) is 5.75 Å². The minimum atomic E-state index is -0.604. The van der Waals surface area contributed by atoms with Crippen LogP contribution in [0, 0.1) is 6.92 Å². The number of thioether (sulfide) groups is 1. The molecule has 0 saturated carbocycles. The lowest BCUT2D eigenvalue weighted by molar-refractivity contribution is -0.135. The minimum absolute atomic E-state index is 0.0934. The first-order valence-electron chi connectivity index (χ1n) is 8.54. The topological polar surface area (TPSA) is 75.7 Å². The number of carbonyl (C=O) groups is 3. The number of amides is 2. The van der Waals surface area contributed by atoms with Crippen LogP contribution in [0.4, 0.5) is 5.69 Å². The summed E-state index contributed by atoms with van der Waals surface area (Å²) in [5.41, 5.74) is 1.79. The molecule has 0 unspecified atom stereocenters. The number of esters is 1. The van der Waals surface area contributed by atoms with Gasteiger partial charge in [-0.2, -0.15) is 0 Å². The Morgan fingerprint density at radius 1 is 1.21 bits per heavy atom. The molecule has 6 nitrogen and oxygen atoms in total. The maximum atomic E-state index is 12.4. The second-order valence-corrected chi connectivity index (χ2v) is 8.28. The molecule has 0 aromatic heterocycles. The average Bonchev–Trinajstić information content (AvgIpc) is 2.63. The summed E-state index contributed by atoms with van der Waals surface area (Å²) in [6.07, 6.45) is -0.0934. The van der Waals surface area contributed by atoms with E-state index in [0.717, 1.165) is 10.5 Å². The smallest absolute Gasteiger partial charge is 0.312 e. The third-order valence-corrected chi connectivity index (χ3v) is 5.69. The molecule has 3 rings (SSSR count). The molecule has 8 heteroatoms. The fraction of sp³-hybridized carbons (Fsp3) is 0.250. The summed E-state index contributed by atoms with van der Waals surface area (Å²) in [5, 5.41) is 2.69. The number of aryl methyl sites for hydroxylation is 1. The molecule has 0 radical (unpaired) electrons. The van der Waals surface area contributed by atoms with E-state index >= 15 is 0 Å². The molecule has 146 valence electrons. The maximum absolute atomic E-state index is 12.4. The van der Waals surface area contributed by atoms with Crippen LogP contribution in [0.25, 0.3) is 0 Å². The van der Waals surface area contributed by atoms with Gasteiger partial charge in [-0.15, -0.1) is 11.8 Å². The van der Waals surface area contributed by atoms with Crippen molar-refractivity contribution in [3.05, 3.63) is 52.5 Å². The van der Waals surface area contributed by atoms with Crippen molar-refractivity contribution in [1.82, 2.24) is 4.90 Å². The van der Waals surface area contributed by atoms with Crippen molar-refractivity contribution in [3.63, 3.8) is 0 Å². The minimum Gasteiger partial charge on any atom is -0.426 e.